The first-order valence-electron chi connectivity index (χ1n) is 10.1. The second-order valence-electron chi connectivity index (χ2n) is 7.49. The summed E-state index contributed by atoms with van der Waals surface area (Å²) in [6, 6.07) is 9.17. The molecule has 2 aliphatic rings. The van der Waals surface area contributed by atoms with Gasteiger partial charge in [0.25, 0.3) is 0 Å². The number of aryl methyl sites for hydroxylation is 1. The van der Waals surface area contributed by atoms with E-state index in [9.17, 15) is 15.3 Å². The minimum atomic E-state index is -1.23. The molecule has 9 nitrogen and oxygen atoms in total. The lowest BCUT2D eigenvalue weighted by atomic mass is 9.97. The molecule has 164 valence electrons. The maximum Gasteiger partial charge on any atom is 0.176 e. The summed E-state index contributed by atoms with van der Waals surface area (Å²) in [4.78, 5) is 0. The van der Waals surface area contributed by atoms with Crippen LogP contribution in [0.3, 0.4) is 0 Å². The van der Waals surface area contributed by atoms with Crippen LogP contribution in [0.15, 0.2) is 30.3 Å². The first-order chi connectivity index (χ1) is 14.0. The molecule has 1 aromatic rings. The van der Waals surface area contributed by atoms with E-state index in [-0.39, 0.29) is 19.8 Å². The van der Waals surface area contributed by atoms with Crippen LogP contribution in [-0.4, -0.2) is 90.6 Å². The van der Waals surface area contributed by atoms with Gasteiger partial charge in [0.2, 0.25) is 0 Å². The Kier molecular flexibility index (Phi) is 8.36. The molecular weight excluding hydrogens is 380 g/mol. The molecule has 1 aromatic carbocycles. The Hall–Kier alpha value is -1.14. The van der Waals surface area contributed by atoms with Gasteiger partial charge in [0, 0.05) is 13.2 Å². The van der Waals surface area contributed by atoms with Gasteiger partial charge in [-0.05, 0) is 18.4 Å². The predicted octanol–water partition coefficient (Wildman–Crippen LogP) is -1.49. The summed E-state index contributed by atoms with van der Waals surface area (Å²) in [5.74, 6) is 0. The molecule has 9 heteroatoms. The molecule has 2 fully saturated rings. The summed E-state index contributed by atoms with van der Waals surface area (Å²) >= 11 is 0. The van der Waals surface area contributed by atoms with E-state index in [1.165, 1.54) is 5.56 Å². The van der Waals surface area contributed by atoms with Crippen LogP contribution in [0, 0.1) is 0 Å². The first kappa shape index (κ1) is 22.5. The average Bonchev–Trinajstić information content (AvgIpc) is 3.13. The van der Waals surface area contributed by atoms with E-state index in [1.54, 1.807) is 0 Å². The summed E-state index contributed by atoms with van der Waals surface area (Å²) in [6.45, 7) is 0.538. The second-order valence-corrected chi connectivity index (χ2v) is 7.49. The van der Waals surface area contributed by atoms with E-state index in [0.717, 1.165) is 12.8 Å². The lowest BCUT2D eigenvalue weighted by Gasteiger charge is -2.42. The molecule has 7 N–H and O–H groups in total. The van der Waals surface area contributed by atoms with Crippen molar-refractivity contribution in [3.05, 3.63) is 35.9 Å². The number of benzene rings is 1. The molecule has 0 amide bonds. The lowest BCUT2D eigenvalue weighted by Crippen LogP contribution is -2.64. The molecule has 0 bridgehead atoms. The molecule has 2 aliphatic heterocycles. The Morgan fingerprint density at radius 3 is 2.55 bits per heavy atom. The van der Waals surface area contributed by atoms with Crippen LogP contribution in [-0.2, 0) is 25.4 Å². The highest BCUT2D eigenvalue weighted by Gasteiger charge is 2.47. The maximum absolute atomic E-state index is 10.2. The van der Waals surface area contributed by atoms with Gasteiger partial charge in [0.05, 0.1) is 19.3 Å². The molecule has 0 unspecified atom stereocenters. The van der Waals surface area contributed by atoms with Crippen molar-refractivity contribution in [1.29, 1.82) is 0 Å². The minimum absolute atomic E-state index is 0.00875. The third-order valence-electron chi connectivity index (χ3n) is 5.44. The van der Waals surface area contributed by atoms with Crippen molar-refractivity contribution in [2.24, 2.45) is 11.5 Å². The monoisotopic (exact) mass is 412 g/mol. The van der Waals surface area contributed by atoms with Crippen molar-refractivity contribution < 1.29 is 34.3 Å². The van der Waals surface area contributed by atoms with Crippen molar-refractivity contribution in [2.75, 3.05) is 26.4 Å². The van der Waals surface area contributed by atoms with Gasteiger partial charge in [-0.3, -0.25) is 0 Å². The van der Waals surface area contributed by atoms with Crippen molar-refractivity contribution in [1.82, 2.24) is 0 Å². The Morgan fingerprint density at radius 1 is 1.10 bits per heavy atom. The van der Waals surface area contributed by atoms with Gasteiger partial charge in [-0.15, -0.1) is 0 Å². The largest absolute Gasteiger partial charge is 0.394 e. The molecular formula is C20H32N2O7. The van der Waals surface area contributed by atoms with Crippen molar-refractivity contribution in [3.8, 4) is 0 Å². The Bertz CT molecular complexity index is 606. The van der Waals surface area contributed by atoms with Gasteiger partial charge >= 0.3 is 0 Å². The third-order valence-corrected chi connectivity index (χ3v) is 5.44. The molecule has 0 radical (unpaired) electrons. The number of aliphatic hydroxyl groups excluding tert-OH is 3. The molecule has 8 atom stereocenters. The lowest BCUT2D eigenvalue weighted by molar-refractivity contribution is -0.281. The summed E-state index contributed by atoms with van der Waals surface area (Å²) in [5, 5.41) is 29.8. The molecule has 2 saturated heterocycles. The van der Waals surface area contributed by atoms with E-state index in [4.69, 9.17) is 30.4 Å². The van der Waals surface area contributed by atoms with Gasteiger partial charge in [-0.1, -0.05) is 30.3 Å². The van der Waals surface area contributed by atoms with Crippen LogP contribution >= 0.6 is 0 Å². The number of aliphatic hydroxyl groups is 3. The number of rotatable bonds is 9. The van der Waals surface area contributed by atoms with Gasteiger partial charge in [-0.2, -0.15) is 0 Å². The smallest absolute Gasteiger partial charge is 0.176 e. The summed E-state index contributed by atoms with van der Waals surface area (Å²) in [6.07, 6.45) is -4.11. The van der Waals surface area contributed by atoms with E-state index in [0.29, 0.717) is 6.61 Å². The topological polar surface area (TPSA) is 150 Å². The SMILES string of the molecule is NC[C@@H]1O[C@H](O[C@H]2[C@@H](OCCCc3ccccc3)CO[C@@H]2CO)[C@H](N)[C@@H](O)[C@@H]1O. The van der Waals surface area contributed by atoms with Crippen molar-refractivity contribution in [3.63, 3.8) is 0 Å². The number of hydrogen-bond donors (Lipinski definition) is 5. The zero-order chi connectivity index (χ0) is 20.8. The molecule has 0 spiro atoms. The van der Waals surface area contributed by atoms with Gasteiger partial charge in [0.1, 0.15) is 36.6 Å². The summed E-state index contributed by atoms with van der Waals surface area (Å²) < 4.78 is 23.1. The molecule has 3 rings (SSSR count). The standard InChI is InChI=1S/C20H32N2O7/c21-9-13-17(24)18(25)16(22)20(28-13)29-19-14(10-23)27-11-15(19)26-8-4-7-12-5-2-1-3-6-12/h1-3,5-6,13-20,23-25H,4,7-11,21-22H2/t13-,14+,15-,16+,17+,18+,19+,20+/m0/s1. The van der Waals surface area contributed by atoms with Crippen molar-refractivity contribution >= 4 is 0 Å². The number of ether oxygens (including phenoxy) is 4. The molecule has 0 aliphatic carbocycles. The summed E-state index contributed by atoms with van der Waals surface area (Å²) in [5.41, 5.74) is 12.8. The Morgan fingerprint density at radius 2 is 1.86 bits per heavy atom. The second kappa shape index (κ2) is 10.8. The van der Waals surface area contributed by atoms with Crippen LogP contribution in [0.25, 0.3) is 0 Å². The Labute approximate surface area is 170 Å². The van der Waals surface area contributed by atoms with E-state index < -0.39 is 49.0 Å². The minimum Gasteiger partial charge on any atom is -0.394 e. The van der Waals surface area contributed by atoms with E-state index in [2.05, 4.69) is 12.1 Å². The fourth-order valence-corrected chi connectivity index (χ4v) is 3.70. The molecule has 0 saturated carbocycles. The van der Waals surface area contributed by atoms with Crippen LogP contribution in [0.4, 0.5) is 0 Å². The normalized spacial score (nSPS) is 37.7. The van der Waals surface area contributed by atoms with E-state index >= 15 is 0 Å². The molecule has 2 heterocycles. The number of hydrogen-bond acceptors (Lipinski definition) is 9. The fraction of sp³-hybridized carbons (Fsp3) is 0.700. The highest BCUT2D eigenvalue weighted by molar-refractivity contribution is 5.14. The van der Waals surface area contributed by atoms with Crippen molar-refractivity contribution in [2.45, 2.75) is 61.8 Å². The van der Waals surface area contributed by atoms with Crippen LogP contribution in [0.2, 0.25) is 0 Å². The quantitative estimate of drug-likeness (QED) is 0.306. The van der Waals surface area contributed by atoms with E-state index in [1.807, 2.05) is 18.2 Å². The zero-order valence-corrected chi connectivity index (χ0v) is 16.4. The highest BCUT2D eigenvalue weighted by Crippen LogP contribution is 2.27. The highest BCUT2D eigenvalue weighted by atomic mass is 16.7. The van der Waals surface area contributed by atoms with Gasteiger partial charge in [0.15, 0.2) is 6.29 Å². The fourth-order valence-electron chi connectivity index (χ4n) is 3.70. The van der Waals surface area contributed by atoms with Crippen LogP contribution in [0.1, 0.15) is 12.0 Å². The zero-order valence-electron chi connectivity index (χ0n) is 16.4. The van der Waals surface area contributed by atoms with Gasteiger partial charge in [-0.25, -0.2) is 0 Å². The van der Waals surface area contributed by atoms with Crippen LogP contribution in [0.5, 0.6) is 0 Å². The Balaban J connectivity index is 1.55. The maximum atomic E-state index is 10.2. The first-order valence-corrected chi connectivity index (χ1v) is 10.1. The number of nitrogens with two attached hydrogens (primary N) is 2. The van der Waals surface area contributed by atoms with Crippen LogP contribution < -0.4 is 11.5 Å². The third kappa shape index (κ3) is 5.52. The van der Waals surface area contributed by atoms with Gasteiger partial charge < -0.3 is 45.7 Å². The molecule has 0 aromatic heterocycles. The summed E-state index contributed by atoms with van der Waals surface area (Å²) in [7, 11) is 0. The predicted molar refractivity (Wildman–Crippen MR) is 104 cm³/mol. The average molecular weight is 412 g/mol. The molecule has 29 heavy (non-hydrogen) atoms.